The van der Waals surface area contributed by atoms with E-state index >= 15 is 0 Å². The van der Waals surface area contributed by atoms with Gasteiger partial charge in [-0.25, -0.2) is 0 Å². The minimum absolute atomic E-state index is 0.765. The summed E-state index contributed by atoms with van der Waals surface area (Å²) in [5.41, 5.74) is 2.75. The third kappa shape index (κ3) is 3.55. The van der Waals surface area contributed by atoms with E-state index in [0.29, 0.717) is 0 Å². The summed E-state index contributed by atoms with van der Waals surface area (Å²) in [6, 6.07) is 2.95. The van der Waals surface area contributed by atoms with E-state index in [2.05, 4.69) is 32.4 Å². The molecule has 1 saturated heterocycles. The van der Waals surface area contributed by atoms with Crippen LogP contribution in [0.15, 0.2) is 18.5 Å². The molecule has 2 saturated carbocycles. The van der Waals surface area contributed by atoms with Crippen molar-refractivity contribution in [2.45, 2.75) is 38.3 Å². The summed E-state index contributed by atoms with van der Waals surface area (Å²) in [5.74, 6) is 1.01. The third-order valence-electron chi connectivity index (χ3n) is 4.97. The molecule has 1 N–H and O–H groups in total. The van der Waals surface area contributed by atoms with E-state index in [1.54, 1.807) is 0 Å². The van der Waals surface area contributed by atoms with Crippen molar-refractivity contribution in [2.75, 3.05) is 37.6 Å². The number of hydrogen-bond donors (Lipinski definition) is 1. The Labute approximate surface area is 127 Å². The zero-order valence-electron chi connectivity index (χ0n) is 12.8. The highest BCUT2D eigenvalue weighted by molar-refractivity contribution is 5.52. The van der Waals surface area contributed by atoms with Crippen LogP contribution in [0.5, 0.6) is 0 Å². The molecule has 0 bridgehead atoms. The van der Waals surface area contributed by atoms with Gasteiger partial charge < -0.3 is 10.2 Å². The van der Waals surface area contributed by atoms with Crippen LogP contribution in [-0.2, 0) is 6.54 Å². The van der Waals surface area contributed by atoms with E-state index in [0.717, 1.165) is 31.6 Å². The van der Waals surface area contributed by atoms with Gasteiger partial charge in [0.15, 0.2) is 0 Å². The minimum Gasteiger partial charge on any atom is -0.367 e. The number of nitrogens with one attached hydrogen (secondary N) is 1. The Balaban J connectivity index is 1.36. The highest BCUT2D eigenvalue weighted by atomic mass is 15.3. The van der Waals surface area contributed by atoms with Crippen molar-refractivity contribution < 1.29 is 0 Å². The lowest BCUT2D eigenvalue weighted by molar-refractivity contribution is 0.248. The maximum absolute atomic E-state index is 4.36. The van der Waals surface area contributed by atoms with Crippen LogP contribution in [0.2, 0.25) is 0 Å². The topological polar surface area (TPSA) is 31.4 Å². The summed E-state index contributed by atoms with van der Waals surface area (Å²) >= 11 is 0. The predicted molar refractivity (Wildman–Crippen MR) is 85.5 cm³/mol. The normalized spacial score (nSPS) is 23.5. The molecule has 1 aromatic heterocycles. The Kier molecular flexibility index (Phi) is 3.82. The molecule has 3 aliphatic rings. The lowest BCUT2D eigenvalue weighted by atomic mass is 10.1. The summed E-state index contributed by atoms with van der Waals surface area (Å²) in [6.07, 6.45) is 9.59. The number of hydrogen-bond acceptors (Lipinski definition) is 4. The Bertz CT molecular complexity index is 473. The Morgan fingerprint density at radius 2 is 1.90 bits per heavy atom. The first-order valence-corrected chi connectivity index (χ1v) is 8.52. The van der Waals surface area contributed by atoms with Crippen LogP contribution in [0.3, 0.4) is 0 Å². The molecule has 0 spiro atoms. The highest BCUT2D eigenvalue weighted by Gasteiger charge is 2.27. The standard InChI is InChI=1S/C17H26N4/c1-2-14(1)13-20-7-9-21(10-8-20)17-12-18-6-5-15(17)11-19-16-3-4-16/h5-6,12,14,16,19H,1-4,7-11,13H2. The molecule has 4 rings (SSSR count). The maximum Gasteiger partial charge on any atom is 0.0599 e. The van der Waals surface area contributed by atoms with Crippen molar-refractivity contribution in [3.05, 3.63) is 24.0 Å². The van der Waals surface area contributed by atoms with Crippen molar-refractivity contribution in [1.29, 1.82) is 0 Å². The summed E-state index contributed by atoms with van der Waals surface area (Å²) in [5, 5.41) is 3.63. The molecule has 0 unspecified atom stereocenters. The molecule has 1 aliphatic heterocycles. The van der Waals surface area contributed by atoms with E-state index in [-0.39, 0.29) is 0 Å². The smallest absolute Gasteiger partial charge is 0.0599 e. The molecule has 114 valence electrons. The monoisotopic (exact) mass is 286 g/mol. The molecule has 1 aromatic rings. The van der Waals surface area contributed by atoms with Crippen molar-refractivity contribution in [3.63, 3.8) is 0 Å². The zero-order chi connectivity index (χ0) is 14.1. The van der Waals surface area contributed by atoms with Crippen LogP contribution in [0.1, 0.15) is 31.2 Å². The van der Waals surface area contributed by atoms with Crippen LogP contribution in [0, 0.1) is 5.92 Å². The molecule has 0 atom stereocenters. The van der Waals surface area contributed by atoms with Gasteiger partial charge in [-0.05, 0) is 43.2 Å². The molecule has 4 nitrogen and oxygen atoms in total. The van der Waals surface area contributed by atoms with Gasteiger partial charge in [0.2, 0.25) is 0 Å². The molecular formula is C17H26N4. The molecule has 2 heterocycles. The summed E-state index contributed by atoms with van der Waals surface area (Å²) in [7, 11) is 0. The van der Waals surface area contributed by atoms with Crippen LogP contribution in [-0.4, -0.2) is 48.6 Å². The molecule has 0 radical (unpaired) electrons. The van der Waals surface area contributed by atoms with E-state index in [1.165, 1.54) is 56.6 Å². The number of pyridine rings is 1. The SMILES string of the molecule is c1cc(CNC2CC2)c(N2CCN(CC3CC3)CC2)cn1. The fraction of sp³-hybridized carbons (Fsp3) is 0.706. The first kappa shape index (κ1) is 13.5. The molecule has 0 aromatic carbocycles. The first-order valence-electron chi connectivity index (χ1n) is 8.52. The number of aromatic nitrogens is 1. The second-order valence-corrected chi connectivity index (χ2v) is 6.89. The van der Waals surface area contributed by atoms with E-state index in [4.69, 9.17) is 0 Å². The lowest BCUT2D eigenvalue weighted by Crippen LogP contribution is -2.47. The van der Waals surface area contributed by atoms with Crippen molar-refractivity contribution >= 4 is 5.69 Å². The summed E-state index contributed by atoms with van der Waals surface area (Å²) in [4.78, 5) is 9.53. The van der Waals surface area contributed by atoms with Crippen LogP contribution in [0.4, 0.5) is 5.69 Å². The van der Waals surface area contributed by atoms with Crippen LogP contribution >= 0.6 is 0 Å². The van der Waals surface area contributed by atoms with Gasteiger partial charge in [0.05, 0.1) is 11.9 Å². The predicted octanol–water partition coefficient (Wildman–Crippen LogP) is 1.87. The molecular weight excluding hydrogens is 260 g/mol. The second-order valence-electron chi connectivity index (χ2n) is 6.89. The average Bonchev–Trinajstić information content (AvgIpc) is 3.42. The molecule has 21 heavy (non-hydrogen) atoms. The van der Waals surface area contributed by atoms with Gasteiger partial charge in [-0.2, -0.15) is 0 Å². The fourth-order valence-corrected chi connectivity index (χ4v) is 3.23. The zero-order valence-corrected chi connectivity index (χ0v) is 12.8. The van der Waals surface area contributed by atoms with Gasteiger partial charge in [-0.15, -0.1) is 0 Å². The summed E-state index contributed by atoms with van der Waals surface area (Å²) in [6.45, 7) is 7.03. The highest BCUT2D eigenvalue weighted by Crippen LogP contribution is 2.30. The van der Waals surface area contributed by atoms with Crippen molar-refractivity contribution in [3.8, 4) is 0 Å². The largest absolute Gasteiger partial charge is 0.367 e. The van der Waals surface area contributed by atoms with Gasteiger partial charge in [-0.1, -0.05) is 0 Å². The third-order valence-corrected chi connectivity index (χ3v) is 4.97. The second kappa shape index (κ2) is 5.93. The minimum atomic E-state index is 0.765. The number of rotatable bonds is 6. The van der Waals surface area contributed by atoms with E-state index in [1.807, 2.05) is 6.20 Å². The van der Waals surface area contributed by atoms with Gasteiger partial charge >= 0.3 is 0 Å². The molecule has 2 aliphatic carbocycles. The van der Waals surface area contributed by atoms with Gasteiger partial charge in [0.1, 0.15) is 0 Å². The average molecular weight is 286 g/mol. The lowest BCUT2D eigenvalue weighted by Gasteiger charge is -2.36. The number of piperazine rings is 1. The van der Waals surface area contributed by atoms with Crippen LogP contribution < -0.4 is 10.2 Å². The summed E-state index contributed by atoms with van der Waals surface area (Å²) < 4.78 is 0. The molecule has 3 fully saturated rings. The van der Waals surface area contributed by atoms with E-state index < -0.39 is 0 Å². The van der Waals surface area contributed by atoms with Gasteiger partial charge in [0, 0.05) is 51.5 Å². The quantitative estimate of drug-likeness (QED) is 0.865. The number of nitrogens with zero attached hydrogens (tertiary/aromatic N) is 3. The Hall–Kier alpha value is -1.13. The van der Waals surface area contributed by atoms with E-state index in [9.17, 15) is 0 Å². The molecule has 4 heteroatoms. The fourth-order valence-electron chi connectivity index (χ4n) is 3.23. The maximum atomic E-state index is 4.36. The van der Waals surface area contributed by atoms with Gasteiger partial charge in [0.25, 0.3) is 0 Å². The Morgan fingerprint density at radius 1 is 1.10 bits per heavy atom. The van der Waals surface area contributed by atoms with Crippen molar-refractivity contribution in [2.24, 2.45) is 5.92 Å². The van der Waals surface area contributed by atoms with Crippen molar-refractivity contribution in [1.82, 2.24) is 15.2 Å². The van der Waals surface area contributed by atoms with Gasteiger partial charge in [-0.3, -0.25) is 9.88 Å². The molecule has 0 amide bonds. The Morgan fingerprint density at radius 3 is 2.62 bits per heavy atom. The number of anilines is 1. The van der Waals surface area contributed by atoms with Crippen LogP contribution in [0.25, 0.3) is 0 Å². The first-order chi connectivity index (χ1) is 10.4.